The van der Waals surface area contributed by atoms with Gasteiger partial charge in [0, 0.05) is 11.7 Å². The number of pyridine rings is 1. The molecule has 1 N–H and O–H groups in total. The summed E-state index contributed by atoms with van der Waals surface area (Å²) in [4.78, 5) is 19.2. The van der Waals surface area contributed by atoms with E-state index in [1.165, 1.54) is 24.5 Å². The van der Waals surface area contributed by atoms with Crippen LogP contribution < -0.4 is 5.32 Å². The van der Waals surface area contributed by atoms with Gasteiger partial charge >= 0.3 is 0 Å². The molecule has 6 rings (SSSR count). The Hall–Kier alpha value is -1.96. The van der Waals surface area contributed by atoms with Crippen molar-refractivity contribution in [2.24, 2.45) is 11.8 Å². The number of aromatic nitrogens is 5. The Morgan fingerprint density at radius 2 is 2.12 bits per heavy atom. The molecule has 2 unspecified atom stereocenters. The van der Waals surface area contributed by atoms with E-state index in [0.717, 1.165) is 37.1 Å². The van der Waals surface area contributed by atoms with Gasteiger partial charge in [0.15, 0.2) is 6.33 Å². The van der Waals surface area contributed by atoms with Crippen LogP contribution in [-0.2, 0) is 5.54 Å². The zero-order valence-corrected chi connectivity index (χ0v) is 15.6. The highest BCUT2D eigenvalue weighted by atomic mass is 32.2. The first kappa shape index (κ1) is 16.2. The molecule has 1 amide bonds. The van der Waals surface area contributed by atoms with Crippen molar-refractivity contribution < 1.29 is 4.79 Å². The molecule has 2 aromatic heterocycles. The standard InChI is InChI=1S/C18H22N6OS/c1-26-16-14(3-2-4-19-16)15(25)22-17-6-12-5-13(7-17)9-18(8-12,10-17)24-21-11-20-23-24/h2-4,11-13H,5-10H2,1H3,(H,22,25). The number of nitrogens with one attached hydrogen (secondary N) is 1. The van der Waals surface area contributed by atoms with Gasteiger partial charge in [-0.25, -0.2) is 4.98 Å². The third-order valence-electron chi connectivity index (χ3n) is 6.39. The largest absolute Gasteiger partial charge is 0.346 e. The zero-order valence-electron chi connectivity index (χ0n) is 14.8. The molecule has 2 atom stereocenters. The Morgan fingerprint density at radius 1 is 1.31 bits per heavy atom. The van der Waals surface area contributed by atoms with Crippen LogP contribution in [0.5, 0.6) is 0 Å². The summed E-state index contributed by atoms with van der Waals surface area (Å²) in [5, 5.41) is 16.7. The molecule has 8 heteroatoms. The Labute approximate surface area is 156 Å². The average Bonchev–Trinajstić information content (AvgIpc) is 3.15. The van der Waals surface area contributed by atoms with Crippen LogP contribution in [0.15, 0.2) is 29.7 Å². The molecular weight excluding hydrogens is 348 g/mol. The summed E-state index contributed by atoms with van der Waals surface area (Å²) < 4.78 is 0. The second-order valence-electron chi connectivity index (χ2n) is 8.21. The molecule has 0 aromatic carbocycles. The molecule has 26 heavy (non-hydrogen) atoms. The molecule has 4 saturated carbocycles. The van der Waals surface area contributed by atoms with Crippen molar-refractivity contribution in [1.82, 2.24) is 30.5 Å². The number of rotatable bonds is 4. The van der Waals surface area contributed by atoms with Crippen LogP contribution in [0, 0.1) is 11.8 Å². The fraction of sp³-hybridized carbons (Fsp3) is 0.611. The molecule has 0 radical (unpaired) electrons. The van der Waals surface area contributed by atoms with Crippen molar-refractivity contribution in [3.8, 4) is 0 Å². The van der Waals surface area contributed by atoms with Gasteiger partial charge in [-0.2, -0.15) is 4.80 Å². The highest BCUT2D eigenvalue weighted by molar-refractivity contribution is 7.98. The maximum Gasteiger partial charge on any atom is 0.254 e. The molecule has 0 spiro atoms. The third-order valence-corrected chi connectivity index (χ3v) is 7.10. The highest BCUT2D eigenvalue weighted by Gasteiger charge is 2.60. The van der Waals surface area contributed by atoms with Gasteiger partial charge in [0.2, 0.25) is 0 Å². The third kappa shape index (κ3) is 2.46. The predicted octanol–water partition coefficient (Wildman–Crippen LogP) is 2.27. The zero-order chi connectivity index (χ0) is 17.8. The molecular formula is C18H22N6OS. The summed E-state index contributed by atoms with van der Waals surface area (Å²) in [6.45, 7) is 0. The van der Waals surface area contributed by atoms with Gasteiger partial charge in [0.25, 0.3) is 5.91 Å². The summed E-state index contributed by atoms with van der Waals surface area (Å²) in [5.41, 5.74) is 0.412. The van der Waals surface area contributed by atoms with Crippen molar-refractivity contribution in [3.05, 3.63) is 30.2 Å². The predicted molar refractivity (Wildman–Crippen MR) is 96.7 cm³/mol. The van der Waals surface area contributed by atoms with Gasteiger partial charge in [-0.15, -0.1) is 22.0 Å². The Bertz CT molecular complexity index is 824. The van der Waals surface area contributed by atoms with Crippen LogP contribution in [0.4, 0.5) is 0 Å². The van der Waals surface area contributed by atoms with Crippen molar-refractivity contribution in [3.63, 3.8) is 0 Å². The van der Waals surface area contributed by atoms with Crippen LogP contribution in [-0.4, -0.2) is 42.9 Å². The van der Waals surface area contributed by atoms with E-state index >= 15 is 0 Å². The van der Waals surface area contributed by atoms with Gasteiger partial charge in [0.05, 0.1) is 11.1 Å². The van der Waals surface area contributed by atoms with Gasteiger partial charge in [0.1, 0.15) is 5.03 Å². The highest BCUT2D eigenvalue weighted by Crippen LogP contribution is 2.60. The Morgan fingerprint density at radius 3 is 2.81 bits per heavy atom. The smallest absolute Gasteiger partial charge is 0.254 e. The van der Waals surface area contributed by atoms with Gasteiger partial charge < -0.3 is 5.32 Å². The maximum absolute atomic E-state index is 13.1. The first-order valence-electron chi connectivity index (χ1n) is 9.16. The van der Waals surface area contributed by atoms with Crippen molar-refractivity contribution in [1.29, 1.82) is 0 Å². The first-order valence-corrected chi connectivity index (χ1v) is 10.4. The molecule has 7 nitrogen and oxygen atoms in total. The minimum absolute atomic E-state index is 0.00824. The van der Waals surface area contributed by atoms with Gasteiger partial charge in [-0.05, 0) is 74.0 Å². The number of hydrogen-bond acceptors (Lipinski definition) is 6. The number of thioether (sulfide) groups is 1. The molecule has 4 bridgehead atoms. The van der Waals surface area contributed by atoms with Gasteiger partial charge in [-0.1, -0.05) is 0 Å². The van der Waals surface area contributed by atoms with Crippen molar-refractivity contribution in [2.45, 2.75) is 54.6 Å². The second-order valence-corrected chi connectivity index (χ2v) is 9.00. The van der Waals surface area contributed by atoms with E-state index in [2.05, 4.69) is 25.7 Å². The average molecular weight is 370 g/mol. The number of amides is 1. The molecule has 4 aliphatic rings. The monoisotopic (exact) mass is 370 g/mol. The van der Waals surface area contributed by atoms with E-state index in [-0.39, 0.29) is 17.0 Å². The Kier molecular flexibility index (Phi) is 3.60. The molecule has 0 saturated heterocycles. The minimum Gasteiger partial charge on any atom is -0.346 e. The van der Waals surface area contributed by atoms with Crippen LogP contribution in [0.3, 0.4) is 0 Å². The normalized spacial score (nSPS) is 34.8. The lowest BCUT2D eigenvalue weighted by molar-refractivity contribution is -0.0810. The summed E-state index contributed by atoms with van der Waals surface area (Å²) in [6.07, 6.45) is 11.7. The summed E-state index contributed by atoms with van der Waals surface area (Å²) in [6, 6.07) is 3.69. The molecule has 2 heterocycles. The first-order chi connectivity index (χ1) is 12.6. The Balaban J connectivity index is 1.46. The second kappa shape index (κ2) is 5.77. The van der Waals surface area contributed by atoms with E-state index in [4.69, 9.17) is 0 Å². The minimum atomic E-state index is -0.166. The van der Waals surface area contributed by atoms with Crippen molar-refractivity contribution >= 4 is 17.7 Å². The number of nitrogens with zero attached hydrogens (tertiary/aromatic N) is 5. The van der Waals surface area contributed by atoms with Crippen LogP contribution in [0.1, 0.15) is 48.9 Å². The number of carbonyl (C=O) groups excluding carboxylic acids is 1. The van der Waals surface area contributed by atoms with E-state index in [1.54, 1.807) is 6.20 Å². The van der Waals surface area contributed by atoms with E-state index < -0.39 is 0 Å². The van der Waals surface area contributed by atoms with E-state index in [0.29, 0.717) is 17.4 Å². The lowest BCUT2D eigenvalue weighted by atomic mass is 9.50. The maximum atomic E-state index is 13.1. The van der Waals surface area contributed by atoms with Gasteiger partial charge in [-0.3, -0.25) is 4.79 Å². The molecule has 4 fully saturated rings. The summed E-state index contributed by atoms with van der Waals surface area (Å²) in [7, 11) is 0. The summed E-state index contributed by atoms with van der Waals surface area (Å²) >= 11 is 1.51. The lowest BCUT2D eigenvalue weighted by Crippen LogP contribution is -2.66. The van der Waals surface area contributed by atoms with Crippen LogP contribution in [0.25, 0.3) is 0 Å². The van der Waals surface area contributed by atoms with E-state index in [1.807, 2.05) is 23.2 Å². The topological polar surface area (TPSA) is 85.6 Å². The molecule has 0 aliphatic heterocycles. The fourth-order valence-electron chi connectivity index (χ4n) is 6.01. The molecule has 2 aromatic rings. The van der Waals surface area contributed by atoms with Crippen LogP contribution >= 0.6 is 11.8 Å². The summed E-state index contributed by atoms with van der Waals surface area (Å²) in [5.74, 6) is 1.24. The quantitative estimate of drug-likeness (QED) is 0.831. The fourth-order valence-corrected chi connectivity index (χ4v) is 6.56. The SMILES string of the molecule is CSc1ncccc1C(=O)NC12CC3CC(C1)CC(n1ncnn1)(C3)C2. The van der Waals surface area contributed by atoms with Crippen LogP contribution in [0.2, 0.25) is 0 Å². The number of hydrogen-bond donors (Lipinski definition) is 1. The number of carbonyl (C=O) groups is 1. The van der Waals surface area contributed by atoms with Crippen molar-refractivity contribution in [2.75, 3.05) is 6.26 Å². The lowest BCUT2D eigenvalue weighted by Gasteiger charge is -2.61. The number of tetrazole rings is 1. The van der Waals surface area contributed by atoms with E-state index in [9.17, 15) is 4.79 Å². The molecule has 4 aliphatic carbocycles. The molecule has 136 valence electrons.